The second-order valence-corrected chi connectivity index (χ2v) is 10.2. The lowest BCUT2D eigenvalue weighted by Gasteiger charge is -2.27. The van der Waals surface area contributed by atoms with Gasteiger partial charge >= 0.3 is 6.09 Å². The molecule has 170 valence electrons. The maximum Gasteiger partial charge on any atom is 0.410 e. The van der Waals surface area contributed by atoms with Gasteiger partial charge in [-0.3, -0.25) is 4.99 Å². The number of guanidine groups is 1. The maximum absolute atomic E-state index is 12.3. The van der Waals surface area contributed by atoms with Gasteiger partial charge in [0.25, 0.3) is 0 Å². The predicted octanol–water partition coefficient (Wildman–Crippen LogP) is 2.71. The van der Waals surface area contributed by atoms with Crippen molar-refractivity contribution in [2.45, 2.75) is 58.1 Å². The fourth-order valence-corrected chi connectivity index (χ4v) is 3.80. The Morgan fingerprint density at radius 1 is 1.20 bits per heavy atom. The molecular weight excluding hydrogens is 404 g/mol. The Hall–Kier alpha value is -2.29. The van der Waals surface area contributed by atoms with Crippen molar-refractivity contribution in [1.82, 2.24) is 15.5 Å². The molecular formula is C21H36N4O4S. The summed E-state index contributed by atoms with van der Waals surface area (Å²) in [5.74, 6) is 0.598. The number of hydrogen-bond acceptors (Lipinski definition) is 5. The molecule has 9 heteroatoms. The highest BCUT2D eigenvalue weighted by atomic mass is 32.2. The van der Waals surface area contributed by atoms with E-state index in [-0.39, 0.29) is 6.09 Å². The summed E-state index contributed by atoms with van der Waals surface area (Å²) < 4.78 is 28.9. The van der Waals surface area contributed by atoms with Crippen molar-refractivity contribution >= 4 is 21.9 Å². The monoisotopic (exact) mass is 440 g/mol. The van der Waals surface area contributed by atoms with Crippen LogP contribution in [-0.4, -0.2) is 63.9 Å². The minimum absolute atomic E-state index is 0.324. The number of ether oxygens (including phenoxy) is 1. The van der Waals surface area contributed by atoms with Gasteiger partial charge in [0.15, 0.2) is 15.8 Å². The zero-order chi connectivity index (χ0) is 22.9. The van der Waals surface area contributed by atoms with E-state index < -0.39 is 15.4 Å². The molecule has 1 amide bonds. The number of carbonyl (C=O) groups is 1. The van der Waals surface area contributed by atoms with Gasteiger partial charge in [0, 0.05) is 39.5 Å². The summed E-state index contributed by atoms with van der Waals surface area (Å²) in [6.45, 7) is 11.5. The van der Waals surface area contributed by atoms with Crippen molar-refractivity contribution in [3.8, 4) is 0 Å². The number of aryl methyl sites for hydroxylation is 1. The summed E-state index contributed by atoms with van der Waals surface area (Å²) in [6, 6.07) is 5.26. The summed E-state index contributed by atoms with van der Waals surface area (Å²) in [6.07, 6.45) is 1.73. The Balaban J connectivity index is 2.60. The third-order valence-corrected chi connectivity index (χ3v) is 5.40. The molecule has 0 aliphatic carbocycles. The van der Waals surface area contributed by atoms with Gasteiger partial charge in [0.05, 0.1) is 4.90 Å². The van der Waals surface area contributed by atoms with Gasteiger partial charge in [-0.2, -0.15) is 0 Å². The van der Waals surface area contributed by atoms with E-state index in [1.165, 1.54) is 6.26 Å². The molecule has 30 heavy (non-hydrogen) atoms. The molecule has 0 aliphatic heterocycles. The second kappa shape index (κ2) is 11.2. The molecule has 0 aliphatic rings. The summed E-state index contributed by atoms with van der Waals surface area (Å²) in [7, 11) is -1.56. The first kappa shape index (κ1) is 25.7. The molecule has 1 rings (SSSR count). The Labute approximate surface area is 181 Å². The van der Waals surface area contributed by atoms with Crippen LogP contribution in [0.5, 0.6) is 0 Å². The Morgan fingerprint density at radius 3 is 2.37 bits per heavy atom. The van der Waals surface area contributed by atoms with E-state index in [9.17, 15) is 13.2 Å². The summed E-state index contributed by atoms with van der Waals surface area (Å²) in [5, 5.41) is 6.39. The van der Waals surface area contributed by atoms with Crippen LogP contribution in [0.4, 0.5) is 4.79 Å². The highest BCUT2D eigenvalue weighted by Crippen LogP contribution is 2.16. The molecule has 1 aromatic carbocycles. The molecule has 0 radical (unpaired) electrons. The van der Waals surface area contributed by atoms with Crippen molar-refractivity contribution in [3.05, 3.63) is 29.3 Å². The van der Waals surface area contributed by atoms with Gasteiger partial charge in [0.1, 0.15) is 5.60 Å². The lowest BCUT2D eigenvalue weighted by atomic mass is 10.1. The minimum Gasteiger partial charge on any atom is -0.444 e. The number of aliphatic imine (C=N–C) groups is 1. The first-order valence-electron chi connectivity index (χ1n) is 10.1. The molecule has 0 fully saturated rings. The van der Waals surface area contributed by atoms with Crippen LogP contribution in [-0.2, 0) is 21.1 Å². The normalized spacial score (nSPS) is 12.4. The average Bonchev–Trinajstić information content (AvgIpc) is 2.61. The number of amides is 1. The molecule has 0 saturated carbocycles. The van der Waals surface area contributed by atoms with Crippen molar-refractivity contribution < 1.29 is 17.9 Å². The molecule has 0 heterocycles. The van der Waals surface area contributed by atoms with Crippen LogP contribution in [0.1, 0.15) is 45.2 Å². The number of nitrogens with one attached hydrogen (secondary N) is 2. The Kier molecular flexibility index (Phi) is 9.61. The maximum atomic E-state index is 12.3. The van der Waals surface area contributed by atoms with Crippen LogP contribution in [0.15, 0.2) is 28.1 Å². The zero-order valence-electron chi connectivity index (χ0n) is 19.2. The van der Waals surface area contributed by atoms with Gasteiger partial charge in [0.2, 0.25) is 0 Å². The first-order chi connectivity index (χ1) is 13.9. The molecule has 0 unspecified atom stereocenters. The first-order valence-corrected chi connectivity index (χ1v) is 12.0. The third-order valence-electron chi connectivity index (χ3n) is 4.14. The fraction of sp³-hybridized carbons (Fsp3) is 0.619. The fourth-order valence-electron chi connectivity index (χ4n) is 2.84. The molecule has 0 aromatic heterocycles. The molecule has 2 N–H and O–H groups in total. The quantitative estimate of drug-likeness (QED) is 0.476. The number of nitrogens with zero attached hydrogens (tertiary/aromatic N) is 2. The largest absolute Gasteiger partial charge is 0.444 e. The SMILES string of the molecule is CCCN(CCNC(=NC)NCc1ccc(S(C)(=O)=O)c(C)c1)C(=O)OC(C)(C)C. The van der Waals surface area contributed by atoms with Crippen LogP contribution >= 0.6 is 0 Å². The van der Waals surface area contributed by atoms with Gasteiger partial charge in [-0.15, -0.1) is 0 Å². The van der Waals surface area contributed by atoms with Gasteiger partial charge in [-0.05, 0) is 51.3 Å². The average molecular weight is 441 g/mol. The number of benzene rings is 1. The number of carbonyl (C=O) groups excluding carboxylic acids is 1. The van der Waals surface area contributed by atoms with E-state index in [4.69, 9.17) is 4.74 Å². The number of sulfone groups is 1. The molecule has 8 nitrogen and oxygen atoms in total. The molecule has 0 spiro atoms. The van der Waals surface area contributed by atoms with Crippen molar-refractivity contribution in [2.75, 3.05) is 32.9 Å². The smallest absolute Gasteiger partial charge is 0.410 e. The molecule has 1 aromatic rings. The van der Waals surface area contributed by atoms with Gasteiger partial charge in [-0.25, -0.2) is 13.2 Å². The van der Waals surface area contributed by atoms with E-state index in [2.05, 4.69) is 15.6 Å². The van der Waals surface area contributed by atoms with E-state index in [0.29, 0.717) is 42.6 Å². The highest BCUT2D eigenvalue weighted by Gasteiger charge is 2.21. The number of rotatable bonds is 8. The van der Waals surface area contributed by atoms with E-state index in [1.54, 1.807) is 31.0 Å². The highest BCUT2D eigenvalue weighted by molar-refractivity contribution is 7.90. The van der Waals surface area contributed by atoms with Crippen LogP contribution in [0.2, 0.25) is 0 Å². The lowest BCUT2D eigenvalue weighted by Crippen LogP contribution is -2.44. The summed E-state index contributed by atoms with van der Waals surface area (Å²) in [4.78, 5) is 18.5. The van der Waals surface area contributed by atoms with Crippen molar-refractivity contribution in [3.63, 3.8) is 0 Å². The Bertz CT molecular complexity index is 845. The van der Waals surface area contributed by atoms with Crippen LogP contribution in [0.25, 0.3) is 0 Å². The van der Waals surface area contributed by atoms with Crippen LogP contribution in [0, 0.1) is 6.92 Å². The molecule has 0 bridgehead atoms. The van der Waals surface area contributed by atoms with E-state index in [0.717, 1.165) is 12.0 Å². The number of hydrogen-bond donors (Lipinski definition) is 2. The van der Waals surface area contributed by atoms with Crippen LogP contribution in [0.3, 0.4) is 0 Å². The lowest BCUT2D eigenvalue weighted by molar-refractivity contribution is 0.0253. The van der Waals surface area contributed by atoms with Gasteiger partial charge in [-0.1, -0.05) is 19.1 Å². The molecule has 0 saturated heterocycles. The van der Waals surface area contributed by atoms with E-state index >= 15 is 0 Å². The topological polar surface area (TPSA) is 100 Å². The molecule has 0 atom stereocenters. The zero-order valence-corrected chi connectivity index (χ0v) is 20.0. The van der Waals surface area contributed by atoms with Crippen molar-refractivity contribution in [1.29, 1.82) is 0 Å². The Morgan fingerprint density at radius 2 is 1.87 bits per heavy atom. The summed E-state index contributed by atoms with van der Waals surface area (Å²) in [5.41, 5.74) is 1.13. The third kappa shape index (κ3) is 9.02. The standard InChI is InChI=1S/C21H36N4O4S/c1-8-12-25(20(26)29-21(3,4)5)13-11-23-19(22-6)24-15-17-9-10-18(16(2)14-17)30(7,27)28/h9-10,14H,8,11-13,15H2,1-7H3,(H2,22,23,24). The summed E-state index contributed by atoms with van der Waals surface area (Å²) >= 11 is 0. The second-order valence-electron chi connectivity index (χ2n) is 8.19. The van der Waals surface area contributed by atoms with Crippen molar-refractivity contribution in [2.24, 2.45) is 4.99 Å². The minimum atomic E-state index is -3.23. The van der Waals surface area contributed by atoms with E-state index in [1.807, 2.05) is 33.8 Å². The predicted molar refractivity (Wildman–Crippen MR) is 121 cm³/mol. The van der Waals surface area contributed by atoms with Gasteiger partial charge < -0.3 is 20.3 Å². The van der Waals surface area contributed by atoms with Crippen LogP contribution < -0.4 is 10.6 Å².